The van der Waals surface area contributed by atoms with Crippen LogP contribution in [-0.4, -0.2) is 119 Å². The lowest BCUT2D eigenvalue weighted by atomic mass is 10.00. The Hall–Kier alpha value is -5.22. The molecule has 3 aliphatic rings. The summed E-state index contributed by atoms with van der Waals surface area (Å²) < 4.78 is 20.0. The number of fused-ring (bicyclic) bond motifs is 1. The number of aryl methyl sites for hydroxylation is 1. The molecule has 0 bridgehead atoms. The first-order chi connectivity index (χ1) is 28.4. The molecule has 3 saturated heterocycles. The molecule has 3 aromatic heterocycles. The molecule has 0 saturated carbocycles. The molecule has 16 nitrogen and oxygen atoms in total. The maximum atomic E-state index is 13.5. The van der Waals surface area contributed by atoms with Crippen LogP contribution in [0.1, 0.15) is 30.4 Å². The summed E-state index contributed by atoms with van der Waals surface area (Å²) in [4.78, 5) is 55.9. The van der Waals surface area contributed by atoms with Gasteiger partial charge in [-0.3, -0.25) is 39.8 Å². The summed E-state index contributed by atoms with van der Waals surface area (Å²) in [5.41, 5.74) is 6.72. The highest BCUT2D eigenvalue weighted by atomic mass is 79.9. The second-order valence-electron chi connectivity index (χ2n) is 15.5. The molecule has 3 aliphatic heterocycles. The molecule has 18 heteroatoms. The highest BCUT2D eigenvalue weighted by Crippen LogP contribution is 2.42. The van der Waals surface area contributed by atoms with Crippen molar-refractivity contribution < 1.29 is 18.9 Å². The zero-order chi connectivity index (χ0) is 41.3. The molecule has 3 amide bonds. The van der Waals surface area contributed by atoms with E-state index in [1.807, 2.05) is 18.2 Å². The first-order valence-corrected chi connectivity index (χ1v) is 23.1. The topological polar surface area (TPSA) is 174 Å². The lowest BCUT2D eigenvalue weighted by Gasteiger charge is -2.43. The Labute approximate surface area is 351 Å². The maximum absolute atomic E-state index is 13.5. The molecule has 0 spiro atoms. The quantitative estimate of drug-likeness (QED) is 0.135. The second kappa shape index (κ2) is 17.2. The molecule has 0 atom stereocenters. The standard InChI is InChI=1S/C41H48BrN12O4P/c1-26-21-32(48-40-46-23-29(42)39(50-40)47-31-6-5-30-37(45-13-12-44-30)38(31)59(3,4)57)35(58-2)22-33(26)53-14-8-28(9-15-53)52-19-17-51(18-20-52)25-27-7-11-43-24-34(27)54-16-10-36(55)49-41(54)56/h5-7,11-13,21-24,28H,8-10,14-20,25H2,1-4H3,(H,49,55,56)(H2,46,47,48,50). The molecule has 0 aliphatic carbocycles. The first-order valence-electron chi connectivity index (χ1n) is 19.7. The molecule has 3 N–H and O–H groups in total. The van der Waals surface area contributed by atoms with Crippen molar-refractivity contribution in [1.82, 2.24) is 40.0 Å². The number of nitrogens with zero attached hydrogens (tertiary/aromatic N) is 9. The van der Waals surface area contributed by atoms with Crippen molar-refractivity contribution >= 4 is 85.9 Å². The van der Waals surface area contributed by atoms with Crippen molar-refractivity contribution in [2.75, 3.05) is 86.7 Å². The van der Waals surface area contributed by atoms with Crippen LogP contribution in [0.2, 0.25) is 0 Å². The summed E-state index contributed by atoms with van der Waals surface area (Å²) in [7, 11) is -1.10. The van der Waals surface area contributed by atoms with Crippen LogP contribution in [0.25, 0.3) is 11.0 Å². The third-order valence-electron chi connectivity index (χ3n) is 11.3. The molecule has 0 radical (unpaired) electrons. The van der Waals surface area contributed by atoms with E-state index in [-0.39, 0.29) is 18.4 Å². The number of hydrogen-bond donors (Lipinski definition) is 3. The van der Waals surface area contributed by atoms with E-state index < -0.39 is 7.14 Å². The monoisotopic (exact) mass is 882 g/mol. The minimum atomic E-state index is -2.77. The number of amides is 3. The van der Waals surface area contributed by atoms with Crippen LogP contribution in [0, 0.1) is 6.92 Å². The van der Waals surface area contributed by atoms with Crippen LogP contribution in [0.4, 0.5) is 39.3 Å². The fourth-order valence-electron chi connectivity index (χ4n) is 8.30. The maximum Gasteiger partial charge on any atom is 0.328 e. The van der Waals surface area contributed by atoms with E-state index in [0.29, 0.717) is 56.6 Å². The molecular weight excluding hydrogens is 835 g/mol. The highest BCUT2D eigenvalue weighted by molar-refractivity contribution is 9.10. The number of piperidine rings is 1. The van der Waals surface area contributed by atoms with Crippen molar-refractivity contribution in [1.29, 1.82) is 0 Å². The van der Waals surface area contributed by atoms with Crippen molar-refractivity contribution in [2.45, 2.75) is 38.8 Å². The fourth-order valence-corrected chi connectivity index (χ4v) is 9.98. The summed E-state index contributed by atoms with van der Waals surface area (Å²) in [6.07, 6.45) is 10.8. The van der Waals surface area contributed by atoms with Gasteiger partial charge >= 0.3 is 6.03 Å². The average Bonchev–Trinajstić information content (AvgIpc) is 3.22. The van der Waals surface area contributed by atoms with Gasteiger partial charge in [0.25, 0.3) is 0 Å². The van der Waals surface area contributed by atoms with Gasteiger partial charge in [0.1, 0.15) is 24.2 Å². The lowest BCUT2D eigenvalue weighted by Crippen LogP contribution is -2.53. The largest absolute Gasteiger partial charge is 0.494 e. The number of carbonyl (C=O) groups is 2. The number of halogens is 1. The summed E-state index contributed by atoms with van der Waals surface area (Å²) >= 11 is 3.58. The Kier molecular flexibility index (Phi) is 11.8. The predicted octanol–water partition coefficient (Wildman–Crippen LogP) is 5.86. The number of benzene rings is 2. The zero-order valence-electron chi connectivity index (χ0n) is 33.6. The summed E-state index contributed by atoms with van der Waals surface area (Å²) in [5.74, 6) is 1.31. The van der Waals surface area contributed by atoms with Crippen molar-refractivity contribution in [3.05, 3.63) is 76.9 Å². The Bertz CT molecular complexity index is 2430. The van der Waals surface area contributed by atoms with Gasteiger partial charge in [0.05, 0.1) is 45.7 Å². The lowest BCUT2D eigenvalue weighted by molar-refractivity contribution is -0.120. The smallest absolute Gasteiger partial charge is 0.328 e. The van der Waals surface area contributed by atoms with Gasteiger partial charge in [-0.2, -0.15) is 4.98 Å². The van der Waals surface area contributed by atoms with Gasteiger partial charge in [-0.05, 0) is 84.4 Å². The van der Waals surface area contributed by atoms with E-state index in [1.165, 1.54) is 0 Å². The van der Waals surface area contributed by atoms with Gasteiger partial charge in [-0.25, -0.2) is 9.78 Å². The SMILES string of the molecule is COc1cc(N2CCC(N3CCN(Cc4ccncc4N4CCC(=O)NC4=O)CC3)CC2)c(C)cc1Nc1ncc(Br)c(Nc2ccc3nccnc3c2P(C)(C)=O)n1. The minimum Gasteiger partial charge on any atom is -0.494 e. The van der Waals surface area contributed by atoms with Gasteiger partial charge in [0, 0.05) is 101 Å². The fraction of sp³-hybridized carbons (Fsp3) is 0.390. The highest BCUT2D eigenvalue weighted by Gasteiger charge is 2.31. The van der Waals surface area contributed by atoms with Gasteiger partial charge in [0.15, 0.2) is 0 Å². The van der Waals surface area contributed by atoms with Gasteiger partial charge in [-0.1, -0.05) is 0 Å². The van der Waals surface area contributed by atoms with E-state index in [1.54, 1.807) is 56.3 Å². The number of rotatable bonds is 11. The Morgan fingerprint density at radius 1 is 0.898 bits per heavy atom. The first kappa shape index (κ1) is 40.6. The number of nitrogens with one attached hydrogen (secondary N) is 3. The van der Waals surface area contributed by atoms with Crippen molar-refractivity contribution in [2.24, 2.45) is 0 Å². The molecule has 3 fully saturated rings. The number of ether oxygens (including phenoxy) is 1. The summed E-state index contributed by atoms with van der Waals surface area (Å²) in [6.45, 7) is 12.4. The van der Waals surface area contributed by atoms with Gasteiger partial charge in [0.2, 0.25) is 11.9 Å². The van der Waals surface area contributed by atoms with Crippen LogP contribution < -0.4 is 35.8 Å². The van der Waals surface area contributed by atoms with E-state index in [4.69, 9.17) is 9.72 Å². The molecule has 308 valence electrons. The number of hydrogen-bond acceptors (Lipinski definition) is 14. The predicted molar refractivity (Wildman–Crippen MR) is 234 cm³/mol. The van der Waals surface area contributed by atoms with Crippen molar-refractivity contribution in [3.8, 4) is 5.75 Å². The molecule has 2 aromatic carbocycles. The van der Waals surface area contributed by atoms with Crippen molar-refractivity contribution in [3.63, 3.8) is 0 Å². The number of methoxy groups -OCH3 is 1. The molecule has 5 aromatic rings. The van der Waals surface area contributed by atoms with Crippen LogP contribution in [0.3, 0.4) is 0 Å². The van der Waals surface area contributed by atoms with Crippen LogP contribution in [0.5, 0.6) is 5.75 Å². The normalized spacial score (nSPS) is 17.3. The average molecular weight is 884 g/mol. The van der Waals surface area contributed by atoms with Crippen LogP contribution in [-0.2, 0) is 15.9 Å². The van der Waals surface area contributed by atoms with Gasteiger partial charge in [-0.15, -0.1) is 0 Å². The molecule has 0 unspecified atom stereocenters. The number of anilines is 6. The van der Waals surface area contributed by atoms with E-state index >= 15 is 0 Å². The third-order valence-corrected chi connectivity index (χ3v) is 13.4. The molecule has 6 heterocycles. The Morgan fingerprint density at radius 3 is 2.42 bits per heavy atom. The molecule has 8 rings (SSSR count). The number of aromatic nitrogens is 5. The van der Waals surface area contributed by atoms with Gasteiger partial charge < -0.3 is 24.8 Å². The van der Waals surface area contributed by atoms with E-state index in [0.717, 1.165) is 86.8 Å². The molecule has 59 heavy (non-hydrogen) atoms. The number of imide groups is 1. The zero-order valence-corrected chi connectivity index (χ0v) is 36.1. The number of urea groups is 1. The third kappa shape index (κ3) is 8.88. The second-order valence-corrected chi connectivity index (χ2v) is 19.5. The summed E-state index contributed by atoms with van der Waals surface area (Å²) in [6, 6.07) is 9.98. The number of carbonyl (C=O) groups excluding carboxylic acids is 2. The summed E-state index contributed by atoms with van der Waals surface area (Å²) in [5, 5.41) is 9.77. The Balaban J connectivity index is 0.889. The number of pyridine rings is 1. The van der Waals surface area contributed by atoms with E-state index in [9.17, 15) is 14.2 Å². The molecular formula is C41H48BrN12O4P. The minimum absolute atomic E-state index is 0.242. The Morgan fingerprint density at radius 2 is 1.68 bits per heavy atom. The van der Waals surface area contributed by atoms with Crippen LogP contribution >= 0.6 is 23.1 Å². The number of piperazine rings is 1. The van der Waals surface area contributed by atoms with E-state index in [2.05, 4.69) is 85.6 Å². The van der Waals surface area contributed by atoms with Crippen LogP contribution in [0.15, 0.2) is 65.8 Å².